The summed E-state index contributed by atoms with van der Waals surface area (Å²) in [5.41, 5.74) is 1.80. The van der Waals surface area contributed by atoms with E-state index in [1.54, 1.807) is 6.07 Å². The molecule has 106 valence electrons. The minimum atomic E-state index is -0.334. The predicted octanol–water partition coefficient (Wildman–Crippen LogP) is 5.66. The molecule has 2 aromatic carbocycles. The molecule has 1 heterocycles. The van der Waals surface area contributed by atoms with Crippen molar-refractivity contribution in [1.82, 2.24) is 0 Å². The fraction of sp³-hybridized carbons (Fsp3) is 0.0625. The van der Waals surface area contributed by atoms with Gasteiger partial charge in [0.25, 0.3) is 0 Å². The van der Waals surface area contributed by atoms with Crippen LogP contribution in [0.1, 0.15) is 9.67 Å². The Morgan fingerprint density at radius 3 is 2.57 bits per heavy atom. The van der Waals surface area contributed by atoms with Gasteiger partial charge in [0.05, 0.1) is 17.2 Å². The van der Waals surface area contributed by atoms with Gasteiger partial charge in [-0.25, -0.2) is 4.79 Å². The average molecular weight is 337 g/mol. The van der Waals surface area contributed by atoms with Crippen LogP contribution in [0.25, 0.3) is 21.2 Å². The Bertz CT molecular complexity index is 839. The lowest BCUT2D eigenvalue weighted by molar-refractivity contribution is 0.0606. The van der Waals surface area contributed by atoms with E-state index in [1.165, 1.54) is 18.4 Å². The van der Waals surface area contributed by atoms with Crippen molar-refractivity contribution in [3.63, 3.8) is 0 Å². The second-order valence-corrected chi connectivity index (χ2v) is 6.29. The Labute approximate surface area is 135 Å². The fourth-order valence-electron chi connectivity index (χ4n) is 2.21. The minimum Gasteiger partial charge on any atom is -0.465 e. The third kappa shape index (κ3) is 2.53. The fourth-order valence-corrected chi connectivity index (χ4v) is 3.62. The molecule has 0 spiro atoms. The molecule has 2 nitrogen and oxygen atoms in total. The molecule has 3 rings (SSSR count). The van der Waals surface area contributed by atoms with E-state index in [9.17, 15) is 4.79 Å². The summed E-state index contributed by atoms with van der Waals surface area (Å²) in [6.07, 6.45) is 0. The number of ether oxygens (including phenoxy) is 1. The molecule has 0 aliphatic carbocycles. The number of thiophene rings is 1. The van der Waals surface area contributed by atoms with Crippen molar-refractivity contribution in [3.05, 3.63) is 57.4 Å². The zero-order valence-corrected chi connectivity index (χ0v) is 13.4. The molecule has 0 amide bonds. The Balaban J connectivity index is 2.26. The number of esters is 1. The number of fused-ring (bicyclic) bond motifs is 1. The third-order valence-corrected chi connectivity index (χ3v) is 5.09. The highest BCUT2D eigenvalue weighted by Crippen LogP contribution is 2.39. The van der Waals surface area contributed by atoms with E-state index in [-0.39, 0.29) is 5.97 Å². The predicted molar refractivity (Wildman–Crippen MR) is 88.6 cm³/mol. The van der Waals surface area contributed by atoms with Crippen LogP contribution < -0.4 is 0 Å². The quantitative estimate of drug-likeness (QED) is 0.564. The lowest BCUT2D eigenvalue weighted by Crippen LogP contribution is -1.96. The van der Waals surface area contributed by atoms with Crippen molar-refractivity contribution in [1.29, 1.82) is 0 Å². The van der Waals surface area contributed by atoms with Crippen molar-refractivity contribution in [2.24, 2.45) is 0 Å². The highest BCUT2D eigenvalue weighted by atomic mass is 35.5. The van der Waals surface area contributed by atoms with E-state index in [4.69, 9.17) is 27.9 Å². The molecule has 5 heteroatoms. The summed E-state index contributed by atoms with van der Waals surface area (Å²) in [6.45, 7) is 0. The van der Waals surface area contributed by atoms with Crippen molar-refractivity contribution >= 4 is 50.6 Å². The standard InChI is InChI=1S/C16H10Cl2O2S/c1-20-16(19)14-8-11-9(4-3-7-13(11)21-14)10-5-2-6-12(17)15(10)18/h2-8H,1H3. The Morgan fingerprint density at radius 2 is 1.81 bits per heavy atom. The third-order valence-electron chi connectivity index (χ3n) is 3.19. The molecule has 0 unspecified atom stereocenters. The van der Waals surface area contributed by atoms with E-state index < -0.39 is 0 Å². The maximum absolute atomic E-state index is 11.7. The van der Waals surface area contributed by atoms with Crippen LogP contribution in [0, 0.1) is 0 Å². The molecular formula is C16H10Cl2O2S. The minimum absolute atomic E-state index is 0.334. The largest absolute Gasteiger partial charge is 0.465 e. The Hall–Kier alpha value is -1.55. The van der Waals surface area contributed by atoms with Gasteiger partial charge in [0.15, 0.2) is 0 Å². The van der Waals surface area contributed by atoms with E-state index in [2.05, 4.69) is 0 Å². The van der Waals surface area contributed by atoms with E-state index >= 15 is 0 Å². The normalized spacial score (nSPS) is 10.8. The number of carbonyl (C=O) groups is 1. The van der Waals surface area contributed by atoms with Crippen LogP contribution in [0.2, 0.25) is 10.0 Å². The molecule has 0 N–H and O–H groups in total. The molecule has 0 saturated heterocycles. The molecular weight excluding hydrogens is 327 g/mol. The first-order chi connectivity index (χ1) is 10.1. The lowest BCUT2D eigenvalue weighted by Gasteiger charge is -2.07. The maximum Gasteiger partial charge on any atom is 0.348 e. The smallest absolute Gasteiger partial charge is 0.348 e. The van der Waals surface area contributed by atoms with Crippen LogP contribution in [0.5, 0.6) is 0 Å². The van der Waals surface area contributed by atoms with Crippen LogP contribution in [-0.2, 0) is 4.74 Å². The topological polar surface area (TPSA) is 26.3 Å². The van der Waals surface area contributed by atoms with Gasteiger partial charge in [0.1, 0.15) is 4.88 Å². The summed E-state index contributed by atoms with van der Waals surface area (Å²) in [5, 5.41) is 1.99. The van der Waals surface area contributed by atoms with Gasteiger partial charge >= 0.3 is 5.97 Å². The zero-order chi connectivity index (χ0) is 15.0. The van der Waals surface area contributed by atoms with Crippen molar-refractivity contribution in [2.45, 2.75) is 0 Å². The van der Waals surface area contributed by atoms with E-state index in [0.29, 0.717) is 14.9 Å². The van der Waals surface area contributed by atoms with Crippen LogP contribution >= 0.6 is 34.5 Å². The zero-order valence-electron chi connectivity index (χ0n) is 11.0. The van der Waals surface area contributed by atoms with Gasteiger partial charge in [-0.3, -0.25) is 0 Å². The molecule has 0 saturated carbocycles. The van der Waals surface area contributed by atoms with Gasteiger partial charge in [-0.2, -0.15) is 0 Å². The monoisotopic (exact) mass is 336 g/mol. The number of carbonyl (C=O) groups excluding carboxylic acids is 1. The molecule has 0 fully saturated rings. The summed E-state index contributed by atoms with van der Waals surface area (Å²) < 4.78 is 5.78. The number of methoxy groups -OCH3 is 1. The molecule has 0 aliphatic heterocycles. The maximum atomic E-state index is 11.7. The van der Waals surface area contributed by atoms with Gasteiger partial charge in [-0.1, -0.05) is 47.5 Å². The first-order valence-corrected chi connectivity index (χ1v) is 7.74. The number of hydrogen-bond donors (Lipinski definition) is 0. The van der Waals surface area contributed by atoms with Crippen LogP contribution in [0.4, 0.5) is 0 Å². The van der Waals surface area contributed by atoms with Gasteiger partial charge in [0.2, 0.25) is 0 Å². The summed E-state index contributed by atoms with van der Waals surface area (Å²) in [5.74, 6) is -0.334. The van der Waals surface area contributed by atoms with Crippen molar-refractivity contribution in [2.75, 3.05) is 7.11 Å². The highest BCUT2D eigenvalue weighted by Gasteiger charge is 2.15. The van der Waals surface area contributed by atoms with Gasteiger partial charge in [-0.15, -0.1) is 11.3 Å². The molecule has 0 radical (unpaired) electrons. The molecule has 3 aromatic rings. The molecule has 0 aliphatic rings. The number of halogens is 2. The second kappa shape index (κ2) is 5.68. The molecule has 1 aromatic heterocycles. The van der Waals surface area contributed by atoms with E-state index in [0.717, 1.165) is 21.2 Å². The van der Waals surface area contributed by atoms with Gasteiger partial charge < -0.3 is 4.74 Å². The first-order valence-electron chi connectivity index (χ1n) is 6.17. The lowest BCUT2D eigenvalue weighted by atomic mass is 10.0. The Morgan fingerprint density at radius 1 is 1.10 bits per heavy atom. The van der Waals surface area contributed by atoms with Gasteiger partial charge in [-0.05, 0) is 23.8 Å². The summed E-state index contributed by atoms with van der Waals surface area (Å²) in [6, 6.07) is 13.2. The first kappa shape index (κ1) is 14.4. The number of hydrogen-bond acceptors (Lipinski definition) is 3. The average Bonchev–Trinajstić information content (AvgIpc) is 2.93. The Kier molecular flexibility index (Phi) is 3.89. The van der Waals surface area contributed by atoms with Crippen molar-refractivity contribution in [3.8, 4) is 11.1 Å². The molecule has 0 bridgehead atoms. The molecule has 0 atom stereocenters. The molecule has 21 heavy (non-hydrogen) atoms. The van der Waals surface area contributed by atoms with Crippen LogP contribution in [0.3, 0.4) is 0 Å². The SMILES string of the molecule is COC(=O)c1cc2c(-c3cccc(Cl)c3Cl)cccc2s1. The van der Waals surface area contributed by atoms with E-state index in [1.807, 2.05) is 36.4 Å². The number of benzene rings is 2. The highest BCUT2D eigenvalue weighted by molar-refractivity contribution is 7.20. The van der Waals surface area contributed by atoms with Crippen molar-refractivity contribution < 1.29 is 9.53 Å². The second-order valence-electron chi connectivity index (χ2n) is 4.42. The number of rotatable bonds is 2. The van der Waals surface area contributed by atoms with Crippen LogP contribution in [0.15, 0.2) is 42.5 Å². The summed E-state index contributed by atoms with van der Waals surface area (Å²) in [4.78, 5) is 12.3. The summed E-state index contributed by atoms with van der Waals surface area (Å²) in [7, 11) is 1.38. The summed E-state index contributed by atoms with van der Waals surface area (Å²) >= 11 is 13.8. The van der Waals surface area contributed by atoms with Crippen LogP contribution in [-0.4, -0.2) is 13.1 Å². The van der Waals surface area contributed by atoms with Gasteiger partial charge in [0, 0.05) is 15.6 Å².